The number of hydrogen-bond acceptors (Lipinski definition) is 5. The molecule has 29 heavy (non-hydrogen) atoms. The minimum absolute atomic E-state index is 0.180. The van der Waals surface area contributed by atoms with Crippen LogP contribution in [-0.2, 0) is 32.4 Å². The third-order valence-corrected chi connectivity index (χ3v) is 7.58. The van der Waals surface area contributed by atoms with E-state index < -0.39 is 10.0 Å². The van der Waals surface area contributed by atoms with E-state index in [0.29, 0.717) is 48.9 Å². The molecule has 1 aliphatic carbocycles. The van der Waals surface area contributed by atoms with Gasteiger partial charge in [-0.2, -0.15) is 4.31 Å². The topological polar surface area (TPSA) is 88.9 Å². The van der Waals surface area contributed by atoms with Gasteiger partial charge in [-0.05, 0) is 55.2 Å². The number of ether oxygens (including phenoxy) is 1. The summed E-state index contributed by atoms with van der Waals surface area (Å²) >= 11 is 0. The number of anilines is 1. The van der Waals surface area contributed by atoms with E-state index in [1.54, 1.807) is 24.3 Å². The summed E-state index contributed by atoms with van der Waals surface area (Å²) in [6.45, 7) is 1.44. The number of nitrogens with zero attached hydrogens (tertiary/aromatic N) is 1. The number of carbonyl (C=O) groups is 1. The molecule has 1 aromatic heterocycles. The second kappa shape index (κ2) is 7.12. The Balaban J connectivity index is 1.52. The highest BCUT2D eigenvalue weighted by Gasteiger charge is 2.30. The molecule has 5 rings (SSSR count). The number of aryl methyl sites for hydroxylation is 2. The number of furan rings is 1. The number of rotatable bonds is 3. The van der Waals surface area contributed by atoms with E-state index in [2.05, 4.69) is 5.32 Å². The van der Waals surface area contributed by atoms with Crippen molar-refractivity contribution in [1.29, 1.82) is 0 Å². The molecule has 0 unspecified atom stereocenters. The Bertz CT molecular complexity index is 1090. The Labute approximate surface area is 169 Å². The lowest BCUT2D eigenvalue weighted by Crippen LogP contribution is -2.40. The van der Waals surface area contributed by atoms with Crippen LogP contribution in [-0.4, -0.2) is 44.9 Å². The lowest BCUT2D eigenvalue weighted by molar-refractivity contribution is -0.110. The Morgan fingerprint density at radius 3 is 2.66 bits per heavy atom. The summed E-state index contributed by atoms with van der Waals surface area (Å²) in [6.07, 6.45) is 5.89. The normalized spacial score (nSPS) is 21.1. The highest BCUT2D eigenvalue weighted by atomic mass is 32.2. The lowest BCUT2D eigenvalue weighted by atomic mass is 9.98. The molecule has 7 nitrogen and oxygen atoms in total. The van der Waals surface area contributed by atoms with E-state index >= 15 is 0 Å². The van der Waals surface area contributed by atoms with E-state index in [4.69, 9.17) is 9.15 Å². The molecule has 3 aliphatic rings. The summed E-state index contributed by atoms with van der Waals surface area (Å²) in [5.41, 5.74) is 2.81. The van der Waals surface area contributed by atoms with Gasteiger partial charge in [0, 0.05) is 30.8 Å². The lowest BCUT2D eigenvalue weighted by Gasteiger charge is -2.26. The number of amides is 1. The minimum atomic E-state index is -3.64. The molecule has 0 saturated carbocycles. The van der Waals surface area contributed by atoms with Crippen molar-refractivity contribution >= 4 is 33.3 Å². The summed E-state index contributed by atoms with van der Waals surface area (Å²) < 4.78 is 38.6. The molecule has 0 spiro atoms. The van der Waals surface area contributed by atoms with Crippen LogP contribution in [0.25, 0.3) is 11.6 Å². The van der Waals surface area contributed by atoms with Crippen molar-refractivity contribution in [1.82, 2.24) is 4.31 Å². The van der Waals surface area contributed by atoms with Crippen molar-refractivity contribution in [2.75, 3.05) is 31.6 Å². The Morgan fingerprint density at radius 1 is 1.07 bits per heavy atom. The van der Waals surface area contributed by atoms with Gasteiger partial charge in [-0.15, -0.1) is 0 Å². The maximum Gasteiger partial charge on any atom is 0.256 e. The smallest absolute Gasteiger partial charge is 0.256 e. The van der Waals surface area contributed by atoms with Gasteiger partial charge in [0.2, 0.25) is 10.0 Å². The van der Waals surface area contributed by atoms with Crippen molar-refractivity contribution in [3.63, 3.8) is 0 Å². The predicted molar refractivity (Wildman–Crippen MR) is 108 cm³/mol. The highest BCUT2D eigenvalue weighted by Crippen LogP contribution is 2.36. The highest BCUT2D eigenvalue weighted by molar-refractivity contribution is 7.89. The van der Waals surface area contributed by atoms with Crippen molar-refractivity contribution in [3.8, 4) is 0 Å². The molecule has 0 radical (unpaired) electrons. The molecular weight excluding hydrogens is 392 g/mol. The first-order chi connectivity index (χ1) is 14.0. The minimum Gasteiger partial charge on any atom is -0.461 e. The van der Waals surface area contributed by atoms with E-state index in [1.165, 1.54) is 9.87 Å². The molecule has 152 valence electrons. The average Bonchev–Trinajstić information content (AvgIpc) is 3.28. The molecule has 2 aromatic rings. The predicted octanol–water partition coefficient (Wildman–Crippen LogP) is 2.67. The molecule has 1 aromatic carbocycles. The van der Waals surface area contributed by atoms with Crippen molar-refractivity contribution in [2.45, 2.75) is 30.6 Å². The first-order valence-corrected chi connectivity index (χ1v) is 11.3. The van der Waals surface area contributed by atoms with Crippen LogP contribution in [0.5, 0.6) is 0 Å². The Morgan fingerprint density at radius 2 is 1.86 bits per heavy atom. The maximum absolute atomic E-state index is 13.0. The summed E-state index contributed by atoms with van der Waals surface area (Å²) in [4.78, 5) is 12.7. The quantitative estimate of drug-likeness (QED) is 0.780. The van der Waals surface area contributed by atoms with Crippen molar-refractivity contribution in [3.05, 3.63) is 46.9 Å². The fourth-order valence-electron chi connectivity index (χ4n) is 4.13. The molecule has 1 N–H and O–H groups in total. The number of sulfonamides is 1. The van der Waals surface area contributed by atoms with Gasteiger partial charge >= 0.3 is 0 Å². The van der Waals surface area contributed by atoms with E-state index in [1.807, 2.05) is 6.07 Å². The summed E-state index contributed by atoms with van der Waals surface area (Å²) in [7, 11) is -3.64. The largest absolute Gasteiger partial charge is 0.461 e. The van der Waals surface area contributed by atoms with Gasteiger partial charge in [0.25, 0.3) is 5.91 Å². The molecule has 1 saturated heterocycles. The van der Waals surface area contributed by atoms with E-state index in [-0.39, 0.29) is 10.8 Å². The maximum atomic E-state index is 13.0. The van der Waals surface area contributed by atoms with Crippen molar-refractivity contribution in [2.24, 2.45) is 0 Å². The van der Waals surface area contributed by atoms with Crippen LogP contribution in [0.2, 0.25) is 0 Å². The zero-order valence-corrected chi connectivity index (χ0v) is 16.8. The number of morpholine rings is 1. The number of nitrogens with one attached hydrogen (secondary N) is 1. The second-order valence-corrected chi connectivity index (χ2v) is 9.48. The van der Waals surface area contributed by atoms with Crippen LogP contribution in [0.4, 0.5) is 5.69 Å². The number of fused-ring (bicyclic) bond motifs is 2. The molecule has 1 amide bonds. The second-order valence-electron chi connectivity index (χ2n) is 7.54. The summed E-state index contributed by atoms with van der Waals surface area (Å²) in [5, 5.41) is 2.81. The van der Waals surface area contributed by atoms with Crippen LogP contribution in [0.15, 0.2) is 33.6 Å². The van der Waals surface area contributed by atoms with Crippen LogP contribution in [0, 0.1) is 0 Å². The fourth-order valence-corrected chi connectivity index (χ4v) is 5.57. The molecule has 0 bridgehead atoms. The molecule has 8 heteroatoms. The third-order valence-electron chi connectivity index (χ3n) is 5.68. The van der Waals surface area contributed by atoms with E-state index in [9.17, 15) is 13.2 Å². The first-order valence-electron chi connectivity index (χ1n) is 9.89. The number of hydrogen-bond donors (Lipinski definition) is 1. The summed E-state index contributed by atoms with van der Waals surface area (Å²) in [6, 6.07) is 6.75. The first kappa shape index (κ1) is 18.6. The van der Waals surface area contributed by atoms with Gasteiger partial charge in [-0.25, -0.2) is 8.42 Å². The van der Waals surface area contributed by atoms with Crippen LogP contribution in [0.1, 0.15) is 35.5 Å². The zero-order chi connectivity index (χ0) is 20.0. The SMILES string of the molecule is O=C1Nc2ccc(S(=O)(=O)N3CCOCC3)cc2C1=Cc1cc2c(o1)CCCC2. The number of carbonyl (C=O) groups excluding carboxylic acids is 1. The van der Waals surface area contributed by atoms with Gasteiger partial charge < -0.3 is 14.5 Å². The number of benzene rings is 1. The average molecular weight is 414 g/mol. The summed E-state index contributed by atoms with van der Waals surface area (Å²) in [5.74, 6) is 1.37. The van der Waals surface area contributed by atoms with Crippen LogP contribution < -0.4 is 5.32 Å². The van der Waals surface area contributed by atoms with Gasteiger partial charge in [0.1, 0.15) is 11.5 Å². The van der Waals surface area contributed by atoms with Gasteiger partial charge in [0.15, 0.2) is 0 Å². The molecule has 3 heterocycles. The standard InChI is InChI=1S/C21H22N2O5S/c24-21-18(12-15-11-14-3-1-2-4-20(14)28-15)17-13-16(5-6-19(17)22-21)29(25,26)23-7-9-27-10-8-23/h5-6,11-13H,1-4,7-10H2,(H,22,24). The molecule has 0 atom stereocenters. The fraction of sp³-hybridized carbons (Fsp3) is 0.381. The Hall–Kier alpha value is -2.42. The monoisotopic (exact) mass is 414 g/mol. The van der Waals surface area contributed by atoms with Crippen molar-refractivity contribution < 1.29 is 22.4 Å². The Kier molecular flexibility index (Phi) is 4.57. The van der Waals surface area contributed by atoms with E-state index in [0.717, 1.165) is 31.4 Å². The van der Waals surface area contributed by atoms with Gasteiger partial charge in [-0.1, -0.05) is 0 Å². The molecule has 1 fully saturated rings. The molecule has 2 aliphatic heterocycles. The third kappa shape index (κ3) is 3.31. The van der Waals surface area contributed by atoms with Crippen LogP contribution in [0.3, 0.4) is 0 Å². The van der Waals surface area contributed by atoms with Crippen LogP contribution >= 0.6 is 0 Å². The van der Waals surface area contributed by atoms with Gasteiger partial charge in [0.05, 0.1) is 23.7 Å². The van der Waals surface area contributed by atoms with Gasteiger partial charge in [-0.3, -0.25) is 4.79 Å². The zero-order valence-electron chi connectivity index (χ0n) is 15.9. The molecular formula is C21H22N2O5S.